The summed E-state index contributed by atoms with van der Waals surface area (Å²) in [5, 5.41) is 12.8. The summed E-state index contributed by atoms with van der Waals surface area (Å²) in [5.74, 6) is 0. The van der Waals surface area contributed by atoms with E-state index in [4.69, 9.17) is 4.74 Å². The molecule has 2 N–H and O–H groups in total. The number of hydrogen-bond acceptors (Lipinski definition) is 4. The third-order valence-corrected chi connectivity index (χ3v) is 5.21. The van der Waals surface area contributed by atoms with Gasteiger partial charge in [-0.15, -0.1) is 0 Å². The highest BCUT2D eigenvalue weighted by molar-refractivity contribution is 4.91. The highest BCUT2D eigenvalue weighted by Gasteiger charge is 2.36. The first-order chi connectivity index (χ1) is 10.3. The Morgan fingerprint density at radius 1 is 1.29 bits per heavy atom. The van der Waals surface area contributed by atoms with E-state index in [2.05, 4.69) is 17.1 Å². The number of aliphatic hydroxyl groups is 1. The Hall–Kier alpha value is -0.160. The van der Waals surface area contributed by atoms with Crippen LogP contribution in [0.5, 0.6) is 0 Å². The van der Waals surface area contributed by atoms with Crippen LogP contribution in [0, 0.1) is 5.41 Å². The van der Waals surface area contributed by atoms with Crippen molar-refractivity contribution < 1.29 is 9.84 Å². The van der Waals surface area contributed by atoms with Crippen LogP contribution in [-0.2, 0) is 4.74 Å². The highest BCUT2D eigenvalue weighted by Crippen LogP contribution is 2.34. The minimum atomic E-state index is 0.313. The molecule has 0 radical (unpaired) electrons. The van der Waals surface area contributed by atoms with E-state index in [0.29, 0.717) is 12.0 Å². The topological polar surface area (TPSA) is 44.7 Å². The number of rotatable bonds is 10. The van der Waals surface area contributed by atoms with E-state index in [1.165, 1.54) is 45.1 Å². The van der Waals surface area contributed by atoms with Gasteiger partial charge in [-0.1, -0.05) is 13.3 Å². The van der Waals surface area contributed by atoms with Gasteiger partial charge in [-0.3, -0.25) is 4.90 Å². The van der Waals surface area contributed by atoms with Crippen molar-refractivity contribution in [2.75, 3.05) is 46.0 Å². The summed E-state index contributed by atoms with van der Waals surface area (Å²) in [4.78, 5) is 2.67. The largest absolute Gasteiger partial charge is 0.396 e. The summed E-state index contributed by atoms with van der Waals surface area (Å²) in [5.41, 5.74) is 0.373. The molecule has 0 unspecified atom stereocenters. The smallest absolute Gasteiger partial charge is 0.0472 e. The van der Waals surface area contributed by atoms with Crippen molar-refractivity contribution in [3.05, 3.63) is 0 Å². The fourth-order valence-electron chi connectivity index (χ4n) is 3.57. The van der Waals surface area contributed by atoms with Crippen molar-refractivity contribution in [2.24, 2.45) is 5.41 Å². The van der Waals surface area contributed by atoms with E-state index >= 15 is 0 Å². The average Bonchev–Trinajstić information content (AvgIpc) is 2.44. The van der Waals surface area contributed by atoms with Crippen LogP contribution in [0.3, 0.4) is 0 Å². The van der Waals surface area contributed by atoms with Crippen molar-refractivity contribution >= 4 is 0 Å². The monoisotopic (exact) mass is 298 g/mol. The molecule has 2 rings (SSSR count). The summed E-state index contributed by atoms with van der Waals surface area (Å²) < 4.78 is 5.61. The maximum atomic E-state index is 9.17. The van der Waals surface area contributed by atoms with Gasteiger partial charge in [0, 0.05) is 45.5 Å². The van der Waals surface area contributed by atoms with Crippen LogP contribution in [0.15, 0.2) is 0 Å². The average molecular weight is 298 g/mol. The van der Waals surface area contributed by atoms with Gasteiger partial charge in [0.15, 0.2) is 0 Å². The van der Waals surface area contributed by atoms with Crippen LogP contribution < -0.4 is 5.32 Å². The van der Waals surface area contributed by atoms with Crippen molar-refractivity contribution in [3.8, 4) is 0 Å². The summed E-state index contributed by atoms with van der Waals surface area (Å²) in [7, 11) is 0. The van der Waals surface area contributed by atoms with Gasteiger partial charge in [-0.2, -0.15) is 0 Å². The van der Waals surface area contributed by atoms with Gasteiger partial charge >= 0.3 is 0 Å². The van der Waals surface area contributed by atoms with Crippen LogP contribution in [0.25, 0.3) is 0 Å². The number of nitrogens with one attached hydrogen (secondary N) is 1. The molecule has 0 aromatic heterocycles. The van der Waals surface area contributed by atoms with Gasteiger partial charge in [-0.05, 0) is 50.5 Å². The van der Waals surface area contributed by atoms with E-state index in [1.54, 1.807) is 0 Å². The Labute approximate surface area is 130 Å². The molecule has 1 saturated carbocycles. The Bertz CT molecular complexity index is 276. The molecule has 2 fully saturated rings. The zero-order chi connectivity index (χ0) is 15.0. The second-order valence-electron chi connectivity index (χ2n) is 6.92. The Balaban J connectivity index is 1.92. The summed E-state index contributed by atoms with van der Waals surface area (Å²) >= 11 is 0. The lowest BCUT2D eigenvalue weighted by Gasteiger charge is -2.46. The zero-order valence-corrected chi connectivity index (χ0v) is 13.8. The van der Waals surface area contributed by atoms with Crippen molar-refractivity contribution in [3.63, 3.8) is 0 Å². The van der Waals surface area contributed by atoms with Crippen LogP contribution >= 0.6 is 0 Å². The number of ether oxygens (including phenoxy) is 1. The van der Waals surface area contributed by atoms with Gasteiger partial charge in [0.1, 0.15) is 0 Å². The quantitative estimate of drug-likeness (QED) is 0.606. The molecule has 1 aliphatic heterocycles. The van der Waals surface area contributed by atoms with E-state index in [1.807, 2.05) is 0 Å². The van der Waals surface area contributed by atoms with E-state index < -0.39 is 0 Å². The van der Waals surface area contributed by atoms with Gasteiger partial charge in [0.2, 0.25) is 0 Å². The van der Waals surface area contributed by atoms with Crippen molar-refractivity contribution in [2.45, 2.75) is 57.9 Å². The minimum Gasteiger partial charge on any atom is -0.396 e. The van der Waals surface area contributed by atoms with Crippen LogP contribution in [0.1, 0.15) is 51.9 Å². The van der Waals surface area contributed by atoms with E-state index in [0.717, 1.165) is 45.3 Å². The second-order valence-corrected chi connectivity index (χ2v) is 6.92. The third-order valence-electron chi connectivity index (χ3n) is 5.21. The lowest BCUT2D eigenvalue weighted by molar-refractivity contribution is -0.0208. The molecule has 1 heterocycles. The SMILES string of the molecule is CCCNCC1(CN(CCCO)C2CCC2)CCOCC1. The first-order valence-corrected chi connectivity index (χ1v) is 8.93. The molecule has 1 saturated heterocycles. The molecule has 1 aliphatic carbocycles. The van der Waals surface area contributed by atoms with Crippen LogP contribution in [-0.4, -0.2) is 62.0 Å². The van der Waals surface area contributed by atoms with Crippen molar-refractivity contribution in [1.29, 1.82) is 0 Å². The zero-order valence-electron chi connectivity index (χ0n) is 13.8. The predicted octanol–water partition coefficient (Wildman–Crippen LogP) is 2.02. The molecule has 0 spiro atoms. The molecule has 4 nitrogen and oxygen atoms in total. The lowest BCUT2D eigenvalue weighted by Crippen LogP contribution is -2.52. The standard InChI is InChI=1S/C17H34N2O2/c1-2-9-18-14-17(7-12-21-13-8-17)15-19(10-4-11-20)16-5-3-6-16/h16,18,20H,2-15H2,1H3. The van der Waals surface area contributed by atoms with E-state index in [-0.39, 0.29) is 0 Å². The molecular formula is C17H34N2O2. The maximum Gasteiger partial charge on any atom is 0.0472 e. The molecule has 0 aromatic rings. The molecule has 4 heteroatoms. The van der Waals surface area contributed by atoms with E-state index in [9.17, 15) is 5.11 Å². The first kappa shape index (κ1) is 17.2. The normalized spacial score (nSPS) is 22.4. The van der Waals surface area contributed by atoms with Crippen LogP contribution in [0.2, 0.25) is 0 Å². The second kappa shape index (κ2) is 9.09. The Morgan fingerprint density at radius 2 is 2.05 bits per heavy atom. The van der Waals surface area contributed by atoms with Gasteiger partial charge in [0.05, 0.1) is 0 Å². The lowest BCUT2D eigenvalue weighted by atomic mass is 9.78. The third kappa shape index (κ3) is 5.20. The molecule has 0 bridgehead atoms. The maximum absolute atomic E-state index is 9.17. The summed E-state index contributed by atoms with van der Waals surface area (Å²) in [6.07, 6.45) is 8.53. The van der Waals surface area contributed by atoms with Gasteiger partial charge in [0.25, 0.3) is 0 Å². The fraction of sp³-hybridized carbons (Fsp3) is 1.00. The Morgan fingerprint density at radius 3 is 2.62 bits per heavy atom. The van der Waals surface area contributed by atoms with Gasteiger partial charge in [-0.25, -0.2) is 0 Å². The highest BCUT2D eigenvalue weighted by atomic mass is 16.5. The summed E-state index contributed by atoms with van der Waals surface area (Å²) in [6, 6.07) is 0.766. The molecule has 0 amide bonds. The van der Waals surface area contributed by atoms with Gasteiger partial charge < -0.3 is 15.2 Å². The van der Waals surface area contributed by atoms with Crippen LogP contribution in [0.4, 0.5) is 0 Å². The Kier molecular flexibility index (Phi) is 7.44. The fourth-order valence-corrected chi connectivity index (χ4v) is 3.57. The number of nitrogens with zero attached hydrogens (tertiary/aromatic N) is 1. The molecule has 0 aromatic carbocycles. The predicted molar refractivity (Wildman–Crippen MR) is 86.6 cm³/mol. The molecule has 2 aliphatic rings. The molecule has 124 valence electrons. The first-order valence-electron chi connectivity index (χ1n) is 8.93. The number of aliphatic hydroxyl groups excluding tert-OH is 1. The minimum absolute atomic E-state index is 0.313. The molecule has 0 atom stereocenters. The van der Waals surface area contributed by atoms with Crippen molar-refractivity contribution in [1.82, 2.24) is 10.2 Å². The number of hydrogen-bond donors (Lipinski definition) is 2. The molecular weight excluding hydrogens is 264 g/mol. The molecule has 21 heavy (non-hydrogen) atoms. The summed E-state index contributed by atoms with van der Waals surface area (Å²) in [6.45, 7) is 8.82.